The first-order chi connectivity index (χ1) is 10.1. The number of hydrogen-bond acceptors (Lipinski definition) is 2. The van der Waals surface area contributed by atoms with Crippen molar-refractivity contribution < 1.29 is 8.78 Å². The Bertz CT molecular complexity index is 644. The molecule has 3 rings (SSSR count). The third-order valence-corrected chi connectivity index (χ3v) is 4.93. The van der Waals surface area contributed by atoms with Crippen LogP contribution >= 0.6 is 11.8 Å². The highest BCUT2D eigenvalue weighted by Gasteiger charge is 2.23. The maximum atomic E-state index is 13.5. The minimum absolute atomic E-state index is 0.0184. The van der Waals surface area contributed by atoms with Gasteiger partial charge in [-0.05, 0) is 60.6 Å². The molecule has 21 heavy (non-hydrogen) atoms. The van der Waals surface area contributed by atoms with Gasteiger partial charge in [0.15, 0.2) is 0 Å². The molecule has 1 nitrogen and oxygen atoms in total. The summed E-state index contributed by atoms with van der Waals surface area (Å²) in [5.74, 6) is 0.569. The molecule has 1 N–H and O–H groups in total. The van der Waals surface area contributed by atoms with E-state index in [-0.39, 0.29) is 23.7 Å². The van der Waals surface area contributed by atoms with Gasteiger partial charge in [-0.3, -0.25) is 0 Å². The molecule has 2 atom stereocenters. The summed E-state index contributed by atoms with van der Waals surface area (Å²) < 4.78 is 26.8. The van der Waals surface area contributed by atoms with Crippen LogP contribution in [0, 0.1) is 11.6 Å². The van der Waals surface area contributed by atoms with Crippen molar-refractivity contribution in [1.82, 2.24) is 5.32 Å². The lowest BCUT2D eigenvalue weighted by Crippen LogP contribution is -2.27. The number of halogens is 2. The molecule has 0 radical (unpaired) electrons. The van der Waals surface area contributed by atoms with Crippen molar-refractivity contribution in [3.05, 3.63) is 65.2 Å². The first-order valence-electron chi connectivity index (χ1n) is 7.07. The van der Waals surface area contributed by atoms with Gasteiger partial charge in [0.05, 0.1) is 0 Å². The Morgan fingerprint density at radius 3 is 2.76 bits per heavy atom. The molecule has 4 heteroatoms. The maximum absolute atomic E-state index is 13.5. The summed E-state index contributed by atoms with van der Waals surface area (Å²) in [5, 5.41) is 3.50. The summed E-state index contributed by atoms with van der Waals surface area (Å²) in [7, 11) is 0. The van der Waals surface area contributed by atoms with Crippen LogP contribution < -0.4 is 5.32 Å². The molecule has 1 aliphatic rings. The summed E-state index contributed by atoms with van der Waals surface area (Å²) in [5.41, 5.74) is 1.92. The highest BCUT2D eigenvalue weighted by atomic mass is 32.2. The first kappa shape index (κ1) is 14.5. The van der Waals surface area contributed by atoms with Crippen LogP contribution in [0.5, 0.6) is 0 Å². The number of hydrogen-bond donors (Lipinski definition) is 1. The van der Waals surface area contributed by atoms with Crippen molar-refractivity contribution in [3.8, 4) is 0 Å². The molecular formula is C17H17F2NS. The second-order valence-electron chi connectivity index (χ2n) is 5.32. The van der Waals surface area contributed by atoms with Gasteiger partial charge in [0.1, 0.15) is 11.6 Å². The molecule has 2 unspecified atom stereocenters. The van der Waals surface area contributed by atoms with Crippen molar-refractivity contribution in [2.45, 2.75) is 30.3 Å². The topological polar surface area (TPSA) is 12.0 Å². The second kappa shape index (κ2) is 6.16. The predicted octanol–water partition coefficient (Wildman–Crippen LogP) is 4.85. The predicted molar refractivity (Wildman–Crippen MR) is 82.4 cm³/mol. The molecule has 0 saturated heterocycles. The molecule has 0 aromatic heterocycles. The van der Waals surface area contributed by atoms with Gasteiger partial charge in [-0.2, -0.15) is 0 Å². The van der Waals surface area contributed by atoms with Gasteiger partial charge in [-0.15, -0.1) is 11.8 Å². The number of thioether (sulfide) groups is 1. The number of fused-ring (bicyclic) bond motifs is 1. The molecule has 0 amide bonds. The Morgan fingerprint density at radius 1 is 1.14 bits per heavy atom. The van der Waals surface area contributed by atoms with Crippen molar-refractivity contribution >= 4 is 11.8 Å². The van der Waals surface area contributed by atoms with Crippen LogP contribution in [0.1, 0.15) is 36.6 Å². The minimum atomic E-state index is -0.230. The van der Waals surface area contributed by atoms with E-state index in [1.165, 1.54) is 12.1 Å². The van der Waals surface area contributed by atoms with Gasteiger partial charge < -0.3 is 5.32 Å². The van der Waals surface area contributed by atoms with Crippen LogP contribution in [-0.2, 0) is 0 Å². The van der Waals surface area contributed by atoms with Gasteiger partial charge in [0.2, 0.25) is 0 Å². The quantitative estimate of drug-likeness (QED) is 0.869. The zero-order valence-electron chi connectivity index (χ0n) is 11.8. The Kier molecular flexibility index (Phi) is 4.27. The van der Waals surface area contributed by atoms with Crippen LogP contribution in [0.2, 0.25) is 0 Å². The molecule has 2 aromatic carbocycles. The van der Waals surface area contributed by atoms with Crippen LogP contribution in [0.25, 0.3) is 0 Å². The van der Waals surface area contributed by atoms with E-state index < -0.39 is 0 Å². The zero-order chi connectivity index (χ0) is 14.8. The second-order valence-corrected chi connectivity index (χ2v) is 6.45. The average molecular weight is 305 g/mol. The summed E-state index contributed by atoms with van der Waals surface area (Å²) in [4.78, 5) is 1.13. The molecule has 0 spiro atoms. The van der Waals surface area contributed by atoms with Crippen molar-refractivity contribution in [3.63, 3.8) is 0 Å². The fourth-order valence-corrected chi connectivity index (χ4v) is 3.82. The van der Waals surface area contributed by atoms with Crippen LogP contribution in [0.4, 0.5) is 8.78 Å². The Hall–Kier alpha value is -1.39. The zero-order valence-corrected chi connectivity index (χ0v) is 12.6. The molecule has 110 valence electrons. The number of benzene rings is 2. The lowest BCUT2D eigenvalue weighted by Gasteiger charge is -2.29. The third-order valence-electron chi connectivity index (χ3n) is 3.81. The van der Waals surface area contributed by atoms with Gasteiger partial charge in [-0.1, -0.05) is 12.1 Å². The normalized spacial score (nSPS) is 19.1. The molecule has 1 heterocycles. The first-order valence-corrected chi connectivity index (χ1v) is 8.06. The number of nitrogens with one attached hydrogen (secondary N) is 1. The lowest BCUT2D eigenvalue weighted by atomic mass is 10.0. The summed E-state index contributed by atoms with van der Waals surface area (Å²) in [6.45, 7) is 2.01. The molecule has 0 bridgehead atoms. The number of rotatable bonds is 3. The largest absolute Gasteiger partial charge is 0.303 e. The minimum Gasteiger partial charge on any atom is -0.303 e. The smallest absolute Gasteiger partial charge is 0.123 e. The van der Waals surface area contributed by atoms with E-state index >= 15 is 0 Å². The third kappa shape index (κ3) is 3.27. The Balaban J connectivity index is 1.81. The van der Waals surface area contributed by atoms with E-state index in [0.29, 0.717) is 0 Å². The SMILES string of the molecule is CC(NC1CCSc2ccc(F)cc21)c1cccc(F)c1. The van der Waals surface area contributed by atoms with Gasteiger partial charge in [0.25, 0.3) is 0 Å². The molecule has 0 aliphatic carbocycles. The molecular weight excluding hydrogens is 288 g/mol. The summed E-state index contributed by atoms with van der Waals surface area (Å²) >= 11 is 1.76. The summed E-state index contributed by atoms with van der Waals surface area (Å²) in [6.07, 6.45) is 0.945. The monoisotopic (exact) mass is 305 g/mol. The standard InChI is InChI=1S/C17H17F2NS/c1-11(12-3-2-4-13(18)9-12)20-16-7-8-21-17-6-5-14(19)10-15(16)17/h2-6,9-11,16,20H,7-8H2,1H3. The fraction of sp³-hybridized carbons (Fsp3) is 0.294. The van der Waals surface area contributed by atoms with E-state index in [9.17, 15) is 8.78 Å². The molecule has 1 aliphatic heterocycles. The highest BCUT2D eigenvalue weighted by molar-refractivity contribution is 7.99. The Morgan fingerprint density at radius 2 is 1.95 bits per heavy atom. The van der Waals surface area contributed by atoms with Crippen molar-refractivity contribution in [1.29, 1.82) is 0 Å². The average Bonchev–Trinajstić information content (AvgIpc) is 2.48. The van der Waals surface area contributed by atoms with Crippen LogP contribution in [0.15, 0.2) is 47.4 Å². The van der Waals surface area contributed by atoms with Crippen molar-refractivity contribution in [2.24, 2.45) is 0 Å². The maximum Gasteiger partial charge on any atom is 0.123 e. The molecule has 0 saturated carbocycles. The Labute approximate surface area is 127 Å². The van der Waals surface area contributed by atoms with E-state index in [0.717, 1.165) is 28.2 Å². The lowest BCUT2D eigenvalue weighted by molar-refractivity contribution is 0.446. The van der Waals surface area contributed by atoms with Gasteiger partial charge in [-0.25, -0.2) is 8.78 Å². The fourth-order valence-electron chi connectivity index (χ4n) is 2.71. The van der Waals surface area contributed by atoms with Crippen molar-refractivity contribution in [2.75, 3.05) is 5.75 Å². The van der Waals surface area contributed by atoms with E-state index in [1.54, 1.807) is 30.0 Å². The van der Waals surface area contributed by atoms with E-state index in [4.69, 9.17) is 0 Å². The summed E-state index contributed by atoms with van der Waals surface area (Å²) in [6, 6.07) is 11.7. The van der Waals surface area contributed by atoms with Crippen LogP contribution in [-0.4, -0.2) is 5.75 Å². The highest BCUT2D eigenvalue weighted by Crippen LogP contribution is 2.37. The van der Waals surface area contributed by atoms with E-state index in [1.807, 2.05) is 19.1 Å². The van der Waals surface area contributed by atoms with Gasteiger partial charge >= 0.3 is 0 Å². The van der Waals surface area contributed by atoms with E-state index in [2.05, 4.69) is 5.32 Å². The van der Waals surface area contributed by atoms with Crippen LogP contribution in [0.3, 0.4) is 0 Å². The molecule has 0 fully saturated rings. The molecule has 2 aromatic rings. The van der Waals surface area contributed by atoms with Gasteiger partial charge in [0, 0.05) is 17.0 Å².